The van der Waals surface area contributed by atoms with Crippen LogP contribution in [-0.2, 0) is 14.3 Å². The fraction of sp³-hybridized carbons (Fsp3) is 0.423. The maximum Gasteiger partial charge on any atom is 0.407 e. The van der Waals surface area contributed by atoms with Crippen LogP contribution in [0.4, 0.5) is 4.79 Å². The Morgan fingerprint density at radius 1 is 1.06 bits per heavy atom. The summed E-state index contributed by atoms with van der Waals surface area (Å²) in [5.74, 6) is -1.31. The lowest BCUT2D eigenvalue weighted by Crippen LogP contribution is -2.57. The van der Waals surface area contributed by atoms with Crippen LogP contribution in [0, 0.1) is 5.41 Å². The van der Waals surface area contributed by atoms with Crippen LogP contribution in [0.3, 0.4) is 0 Å². The Morgan fingerprint density at radius 2 is 1.64 bits per heavy atom. The van der Waals surface area contributed by atoms with E-state index in [0.717, 1.165) is 22.3 Å². The summed E-state index contributed by atoms with van der Waals surface area (Å²) in [6, 6.07) is 15.0. The Bertz CT molecular complexity index is 1030. The van der Waals surface area contributed by atoms with Crippen molar-refractivity contribution in [2.75, 3.05) is 13.2 Å². The number of nitrogens with zero attached hydrogens (tertiary/aromatic N) is 1. The summed E-state index contributed by atoms with van der Waals surface area (Å²) in [5, 5.41) is 12.1. The van der Waals surface area contributed by atoms with Gasteiger partial charge in [-0.1, -0.05) is 69.3 Å². The Kier molecular flexibility index (Phi) is 6.15. The van der Waals surface area contributed by atoms with E-state index in [-0.39, 0.29) is 24.9 Å². The Hall–Kier alpha value is -3.35. The highest BCUT2D eigenvalue weighted by molar-refractivity contribution is 5.86. The van der Waals surface area contributed by atoms with E-state index in [4.69, 9.17) is 4.74 Å². The molecule has 2 amide bonds. The molecule has 2 atom stereocenters. The molecule has 2 aromatic rings. The van der Waals surface area contributed by atoms with E-state index in [1.807, 2.05) is 45.0 Å². The molecule has 2 aromatic carbocycles. The second kappa shape index (κ2) is 8.89. The van der Waals surface area contributed by atoms with E-state index in [2.05, 4.69) is 29.6 Å². The number of hydrogen-bond acceptors (Lipinski definition) is 4. The van der Waals surface area contributed by atoms with Gasteiger partial charge in [0, 0.05) is 24.9 Å². The van der Waals surface area contributed by atoms with Gasteiger partial charge in [-0.25, -0.2) is 9.59 Å². The molecule has 2 N–H and O–H groups in total. The number of carboxylic acids is 1. The average Bonchev–Trinajstić information content (AvgIpc) is 3.04. The standard InChI is InChI=1S/C26H30N2O5/c1-26(2,3)22(14-23(29)28-13-12-21(28)24(30)31)27-25(32)33-15-20-18-10-6-4-8-16(18)17-9-5-7-11-19(17)20/h4-11,20-22H,12-15H2,1-3H3,(H,27,32)(H,30,31). The number of benzene rings is 2. The number of hydrogen-bond donors (Lipinski definition) is 2. The summed E-state index contributed by atoms with van der Waals surface area (Å²) >= 11 is 0. The van der Waals surface area contributed by atoms with Gasteiger partial charge in [0.1, 0.15) is 12.6 Å². The first-order chi connectivity index (χ1) is 15.7. The SMILES string of the molecule is CC(C)(C)C(CC(=O)N1CCC1C(=O)O)NC(=O)OCC1c2ccccc2-c2ccccc21. The van der Waals surface area contributed by atoms with E-state index in [9.17, 15) is 19.5 Å². The van der Waals surface area contributed by atoms with Gasteiger partial charge >= 0.3 is 12.1 Å². The van der Waals surface area contributed by atoms with E-state index in [1.54, 1.807) is 0 Å². The number of aliphatic carboxylic acids is 1. The van der Waals surface area contributed by atoms with Crippen LogP contribution in [0.15, 0.2) is 48.5 Å². The van der Waals surface area contributed by atoms with Gasteiger partial charge in [-0.15, -0.1) is 0 Å². The summed E-state index contributed by atoms with van der Waals surface area (Å²) in [7, 11) is 0. The van der Waals surface area contributed by atoms with Crippen LogP contribution in [0.2, 0.25) is 0 Å². The predicted octanol–water partition coefficient (Wildman–Crippen LogP) is 4.02. The van der Waals surface area contributed by atoms with Crippen molar-refractivity contribution < 1.29 is 24.2 Å². The number of likely N-dealkylation sites (tertiary alicyclic amines) is 1. The summed E-state index contributed by atoms with van der Waals surface area (Å²) in [5.41, 5.74) is 4.16. The fourth-order valence-electron chi connectivity index (χ4n) is 4.59. The summed E-state index contributed by atoms with van der Waals surface area (Å²) in [6.07, 6.45) is -0.0959. The number of ether oxygens (including phenoxy) is 1. The van der Waals surface area contributed by atoms with Crippen LogP contribution in [0.1, 0.15) is 50.7 Å². The van der Waals surface area contributed by atoms with Crippen LogP contribution < -0.4 is 5.32 Å². The zero-order valence-corrected chi connectivity index (χ0v) is 19.2. The maximum absolute atomic E-state index is 12.7. The maximum atomic E-state index is 12.7. The number of carbonyl (C=O) groups is 3. The van der Waals surface area contributed by atoms with Crippen LogP contribution in [-0.4, -0.2) is 53.2 Å². The number of nitrogens with one attached hydrogen (secondary N) is 1. The molecule has 4 rings (SSSR count). The van der Waals surface area contributed by atoms with Gasteiger partial charge in [-0.2, -0.15) is 0 Å². The molecule has 1 aliphatic heterocycles. The van der Waals surface area contributed by atoms with Crippen molar-refractivity contribution in [3.05, 3.63) is 59.7 Å². The lowest BCUT2D eigenvalue weighted by Gasteiger charge is -2.40. The smallest absolute Gasteiger partial charge is 0.407 e. The summed E-state index contributed by atoms with van der Waals surface area (Å²) in [4.78, 5) is 38.0. The predicted molar refractivity (Wildman–Crippen MR) is 124 cm³/mol. The molecule has 1 fully saturated rings. The molecule has 0 radical (unpaired) electrons. The van der Waals surface area contributed by atoms with Crippen molar-refractivity contribution in [2.45, 2.75) is 51.6 Å². The number of carboxylic acid groups (broad SMARTS) is 1. The molecular formula is C26H30N2O5. The highest BCUT2D eigenvalue weighted by Crippen LogP contribution is 2.44. The van der Waals surface area contributed by atoms with Crippen LogP contribution in [0.25, 0.3) is 11.1 Å². The number of rotatable bonds is 6. The minimum Gasteiger partial charge on any atom is -0.480 e. The Morgan fingerprint density at radius 3 is 2.12 bits per heavy atom. The fourth-order valence-corrected chi connectivity index (χ4v) is 4.59. The van der Waals surface area contributed by atoms with Crippen LogP contribution in [0.5, 0.6) is 0 Å². The molecule has 7 heteroatoms. The van der Waals surface area contributed by atoms with Gasteiger partial charge in [0.25, 0.3) is 0 Å². The van der Waals surface area contributed by atoms with Gasteiger partial charge in [-0.05, 0) is 34.1 Å². The van der Waals surface area contributed by atoms with Gasteiger partial charge in [0.15, 0.2) is 0 Å². The zero-order valence-electron chi connectivity index (χ0n) is 19.2. The third-order valence-corrected chi connectivity index (χ3v) is 6.68. The molecule has 1 aliphatic carbocycles. The summed E-state index contributed by atoms with van der Waals surface area (Å²) < 4.78 is 5.64. The molecule has 1 saturated heterocycles. The van der Waals surface area contributed by atoms with Gasteiger partial charge in [0.05, 0.1) is 0 Å². The second-order valence-corrected chi connectivity index (χ2v) is 9.82. The van der Waals surface area contributed by atoms with Gasteiger partial charge < -0.3 is 20.1 Å². The first-order valence-corrected chi connectivity index (χ1v) is 11.3. The molecular weight excluding hydrogens is 420 g/mol. The number of alkyl carbamates (subject to hydrolysis) is 1. The molecule has 0 saturated carbocycles. The lowest BCUT2D eigenvalue weighted by atomic mass is 9.84. The molecule has 174 valence electrons. The second-order valence-electron chi connectivity index (χ2n) is 9.82. The first-order valence-electron chi connectivity index (χ1n) is 11.3. The van der Waals surface area contributed by atoms with Gasteiger partial charge in [0.2, 0.25) is 5.91 Å². The van der Waals surface area contributed by atoms with E-state index < -0.39 is 29.6 Å². The van der Waals surface area contributed by atoms with Crippen molar-refractivity contribution in [3.63, 3.8) is 0 Å². The average molecular weight is 451 g/mol. The minimum absolute atomic E-state index is 0.0253. The lowest BCUT2D eigenvalue weighted by molar-refractivity contribution is -0.157. The Labute approximate surface area is 193 Å². The molecule has 0 spiro atoms. The van der Waals surface area contributed by atoms with Crippen molar-refractivity contribution >= 4 is 18.0 Å². The third-order valence-electron chi connectivity index (χ3n) is 6.68. The highest BCUT2D eigenvalue weighted by atomic mass is 16.5. The monoisotopic (exact) mass is 450 g/mol. The van der Waals surface area contributed by atoms with Crippen molar-refractivity contribution in [1.82, 2.24) is 10.2 Å². The van der Waals surface area contributed by atoms with E-state index in [1.165, 1.54) is 4.90 Å². The number of fused-ring (bicyclic) bond motifs is 3. The minimum atomic E-state index is -0.994. The molecule has 33 heavy (non-hydrogen) atoms. The molecule has 7 nitrogen and oxygen atoms in total. The zero-order chi connectivity index (χ0) is 23.8. The topological polar surface area (TPSA) is 95.9 Å². The highest BCUT2D eigenvalue weighted by Gasteiger charge is 2.40. The molecule has 2 unspecified atom stereocenters. The largest absolute Gasteiger partial charge is 0.480 e. The van der Waals surface area contributed by atoms with Crippen LogP contribution >= 0.6 is 0 Å². The third kappa shape index (κ3) is 4.58. The molecule has 2 aliphatic rings. The number of amides is 2. The van der Waals surface area contributed by atoms with Crippen molar-refractivity contribution in [3.8, 4) is 11.1 Å². The molecule has 1 heterocycles. The normalized spacial score (nSPS) is 18.0. The quantitative estimate of drug-likeness (QED) is 0.693. The summed E-state index contributed by atoms with van der Waals surface area (Å²) in [6.45, 7) is 6.41. The van der Waals surface area contributed by atoms with E-state index >= 15 is 0 Å². The number of carbonyl (C=O) groups excluding carboxylic acids is 2. The Balaban J connectivity index is 1.41. The van der Waals surface area contributed by atoms with Crippen molar-refractivity contribution in [1.29, 1.82) is 0 Å². The molecule has 0 aromatic heterocycles. The first kappa shape index (κ1) is 22.8. The van der Waals surface area contributed by atoms with Gasteiger partial charge in [-0.3, -0.25) is 4.79 Å². The van der Waals surface area contributed by atoms with Crippen molar-refractivity contribution in [2.24, 2.45) is 5.41 Å². The molecule has 0 bridgehead atoms. The van der Waals surface area contributed by atoms with E-state index in [0.29, 0.717) is 13.0 Å².